The third-order valence-electron chi connectivity index (χ3n) is 7.21. The summed E-state index contributed by atoms with van der Waals surface area (Å²) in [5, 5.41) is 3.28. The Labute approximate surface area is 235 Å². The van der Waals surface area contributed by atoms with Gasteiger partial charge in [0.2, 0.25) is 0 Å². The van der Waals surface area contributed by atoms with Crippen molar-refractivity contribution in [1.82, 2.24) is 9.88 Å². The van der Waals surface area contributed by atoms with Crippen molar-refractivity contribution in [3.8, 4) is 5.69 Å². The maximum Gasteiger partial charge on any atom is 0.328 e. The number of benzene rings is 3. The van der Waals surface area contributed by atoms with Crippen LogP contribution in [0.3, 0.4) is 0 Å². The molecular formula is C32H29F2N3O4. The smallest absolute Gasteiger partial charge is 0.328 e. The monoisotopic (exact) mass is 557 g/mol. The topological polar surface area (TPSA) is 103 Å². The van der Waals surface area contributed by atoms with Gasteiger partial charge in [-0.2, -0.15) is 0 Å². The maximum atomic E-state index is 14.2. The molecule has 0 saturated heterocycles. The Bertz CT molecular complexity index is 1610. The Morgan fingerprint density at radius 1 is 0.927 bits per heavy atom. The Hall–Kier alpha value is -4.63. The van der Waals surface area contributed by atoms with Crippen LogP contribution in [-0.4, -0.2) is 22.4 Å². The molecule has 210 valence electrons. The number of nitrogens with two attached hydrogens (primary N) is 1. The lowest BCUT2D eigenvalue weighted by Crippen LogP contribution is -2.32. The van der Waals surface area contributed by atoms with Crippen LogP contribution >= 0.6 is 0 Å². The van der Waals surface area contributed by atoms with E-state index in [9.17, 15) is 23.2 Å². The van der Waals surface area contributed by atoms with E-state index in [0.29, 0.717) is 18.3 Å². The Morgan fingerprint density at radius 2 is 1.61 bits per heavy atom. The third-order valence-corrected chi connectivity index (χ3v) is 7.21. The molecule has 4 aromatic rings. The van der Waals surface area contributed by atoms with Crippen molar-refractivity contribution >= 4 is 17.6 Å². The number of nitrogen functional groups attached to an aromatic ring is 1. The van der Waals surface area contributed by atoms with Crippen molar-refractivity contribution in [3.63, 3.8) is 0 Å². The SMILES string of the molecule is Nc1c(C(=O)c2ccc(F)cc2F)ccc(=O)n1-c1ccc(CN[C@H](C(=O)OC2CCCC2)c2ccccc2)cc1. The van der Waals surface area contributed by atoms with E-state index in [2.05, 4.69) is 5.32 Å². The van der Waals surface area contributed by atoms with Crippen LogP contribution < -0.4 is 16.6 Å². The Balaban J connectivity index is 1.35. The molecule has 0 aliphatic heterocycles. The van der Waals surface area contributed by atoms with E-state index in [1.165, 1.54) is 12.1 Å². The molecule has 5 rings (SSSR count). The second-order valence-electron chi connectivity index (χ2n) is 9.99. The summed E-state index contributed by atoms with van der Waals surface area (Å²) in [4.78, 5) is 38.8. The van der Waals surface area contributed by atoms with E-state index in [4.69, 9.17) is 10.5 Å². The van der Waals surface area contributed by atoms with Crippen molar-refractivity contribution < 1.29 is 23.1 Å². The van der Waals surface area contributed by atoms with E-state index >= 15 is 0 Å². The van der Waals surface area contributed by atoms with Crippen molar-refractivity contribution in [3.05, 3.63) is 129 Å². The molecule has 1 saturated carbocycles. The summed E-state index contributed by atoms with van der Waals surface area (Å²) in [6, 6.07) is 20.6. The Kier molecular flexibility index (Phi) is 8.35. The highest BCUT2D eigenvalue weighted by Crippen LogP contribution is 2.25. The summed E-state index contributed by atoms with van der Waals surface area (Å²) >= 11 is 0. The number of nitrogens with one attached hydrogen (secondary N) is 1. The quantitative estimate of drug-likeness (QED) is 0.215. The summed E-state index contributed by atoms with van der Waals surface area (Å²) in [6.07, 6.45) is 3.81. The molecule has 1 aliphatic carbocycles. The van der Waals surface area contributed by atoms with Crippen LogP contribution in [0.25, 0.3) is 5.69 Å². The lowest BCUT2D eigenvalue weighted by atomic mass is 10.0. The molecule has 0 spiro atoms. The molecule has 1 atom stereocenters. The van der Waals surface area contributed by atoms with Crippen molar-refractivity contribution in [1.29, 1.82) is 0 Å². The van der Waals surface area contributed by atoms with Crippen LogP contribution in [0.2, 0.25) is 0 Å². The molecule has 0 amide bonds. The predicted octanol–water partition coefficient (Wildman–Crippen LogP) is 5.25. The highest BCUT2D eigenvalue weighted by molar-refractivity contribution is 6.11. The van der Waals surface area contributed by atoms with Gasteiger partial charge in [0.05, 0.1) is 16.8 Å². The minimum atomic E-state index is -1.02. The summed E-state index contributed by atoms with van der Waals surface area (Å²) in [6.45, 7) is 0.340. The molecule has 3 aromatic carbocycles. The van der Waals surface area contributed by atoms with Crippen LogP contribution in [0.5, 0.6) is 0 Å². The molecule has 0 unspecified atom stereocenters. The third kappa shape index (κ3) is 6.25. The molecule has 9 heteroatoms. The minimum absolute atomic E-state index is 0.0549. The van der Waals surface area contributed by atoms with Crippen LogP contribution in [0.4, 0.5) is 14.6 Å². The standard InChI is InChI=1S/C32H29F2N3O4/c33-22-12-15-25(27(34)18-22)30(39)26-16-17-28(38)37(31(26)35)23-13-10-20(11-14-23)19-36-29(21-6-2-1-3-7-21)32(40)41-24-8-4-5-9-24/h1-3,6-7,10-18,24,29,36H,4-5,8-9,19,35H2/t29-/m0/s1. The van der Waals surface area contributed by atoms with Gasteiger partial charge in [-0.3, -0.25) is 19.5 Å². The van der Waals surface area contributed by atoms with Crippen LogP contribution in [0, 0.1) is 11.6 Å². The van der Waals surface area contributed by atoms with Gasteiger partial charge in [-0.1, -0.05) is 42.5 Å². The molecule has 1 aromatic heterocycles. The minimum Gasteiger partial charge on any atom is -0.461 e. The van der Waals surface area contributed by atoms with Crippen LogP contribution in [0.15, 0.2) is 89.7 Å². The average Bonchev–Trinajstić information content (AvgIpc) is 3.47. The highest BCUT2D eigenvalue weighted by Gasteiger charge is 2.26. The molecule has 1 aliphatic rings. The van der Waals surface area contributed by atoms with Gasteiger partial charge in [0.25, 0.3) is 5.56 Å². The van der Waals surface area contributed by atoms with Crippen molar-refractivity contribution in [2.24, 2.45) is 0 Å². The van der Waals surface area contributed by atoms with Gasteiger partial charge >= 0.3 is 5.97 Å². The zero-order chi connectivity index (χ0) is 28.9. The largest absolute Gasteiger partial charge is 0.461 e. The summed E-state index contributed by atoms with van der Waals surface area (Å²) in [5.74, 6) is -3.10. The normalized spacial score (nSPS) is 14.1. The van der Waals surface area contributed by atoms with Gasteiger partial charge in [-0.15, -0.1) is 0 Å². The van der Waals surface area contributed by atoms with Gasteiger partial charge in [-0.25, -0.2) is 13.6 Å². The van der Waals surface area contributed by atoms with Gasteiger partial charge in [-0.05, 0) is 67.1 Å². The fraction of sp³-hybridized carbons (Fsp3) is 0.219. The van der Waals surface area contributed by atoms with Crippen molar-refractivity contribution in [2.45, 2.75) is 44.4 Å². The maximum absolute atomic E-state index is 14.2. The number of aromatic nitrogens is 1. The zero-order valence-corrected chi connectivity index (χ0v) is 22.2. The molecule has 1 fully saturated rings. The van der Waals surface area contributed by atoms with Crippen LogP contribution in [-0.2, 0) is 16.1 Å². The predicted molar refractivity (Wildman–Crippen MR) is 151 cm³/mol. The summed E-state index contributed by atoms with van der Waals surface area (Å²) in [7, 11) is 0. The average molecular weight is 558 g/mol. The Morgan fingerprint density at radius 3 is 2.29 bits per heavy atom. The van der Waals surface area contributed by atoms with Crippen LogP contribution in [0.1, 0.15) is 58.8 Å². The number of ether oxygens (including phenoxy) is 1. The van der Waals surface area contributed by atoms with E-state index in [1.807, 2.05) is 30.3 Å². The van der Waals surface area contributed by atoms with E-state index in [-0.39, 0.29) is 29.0 Å². The van der Waals surface area contributed by atoms with Gasteiger partial charge in [0.1, 0.15) is 29.6 Å². The second-order valence-corrected chi connectivity index (χ2v) is 9.99. The van der Waals surface area contributed by atoms with Crippen molar-refractivity contribution in [2.75, 3.05) is 5.73 Å². The first-order chi connectivity index (χ1) is 19.8. The molecule has 41 heavy (non-hydrogen) atoms. The number of carbonyl (C=O) groups is 2. The van der Waals surface area contributed by atoms with E-state index < -0.39 is 29.0 Å². The number of hydrogen-bond donors (Lipinski definition) is 2. The fourth-order valence-corrected chi connectivity index (χ4v) is 5.03. The number of hydrogen-bond acceptors (Lipinski definition) is 6. The zero-order valence-electron chi connectivity index (χ0n) is 22.2. The molecular weight excluding hydrogens is 528 g/mol. The number of halogens is 2. The number of esters is 1. The molecule has 0 bridgehead atoms. The number of ketones is 1. The van der Waals surface area contributed by atoms with Gasteiger partial charge in [0.15, 0.2) is 5.78 Å². The molecule has 1 heterocycles. The van der Waals surface area contributed by atoms with Gasteiger partial charge < -0.3 is 10.5 Å². The number of rotatable bonds is 9. The lowest BCUT2D eigenvalue weighted by molar-refractivity contribution is -0.151. The fourth-order valence-electron chi connectivity index (χ4n) is 5.03. The van der Waals surface area contributed by atoms with E-state index in [1.54, 1.807) is 24.3 Å². The first kappa shape index (κ1) is 27.9. The number of anilines is 1. The first-order valence-electron chi connectivity index (χ1n) is 13.4. The highest BCUT2D eigenvalue weighted by atomic mass is 19.1. The summed E-state index contributed by atoms with van der Waals surface area (Å²) in [5.41, 5.74) is 7.31. The molecule has 7 nitrogen and oxygen atoms in total. The molecule has 0 radical (unpaired) electrons. The number of pyridine rings is 1. The summed E-state index contributed by atoms with van der Waals surface area (Å²) < 4.78 is 34.5. The lowest BCUT2D eigenvalue weighted by Gasteiger charge is -2.21. The second kappa shape index (κ2) is 12.3. The molecule has 3 N–H and O–H groups in total. The number of carbonyl (C=O) groups excluding carboxylic acids is 2. The first-order valence-corrected chi connectivity index (χ1v) is 13.4. The van der Waals surface area contributed by atoms with E-state index in [0.717, 1.165) is 53.5 Å². The number of nitrogens with zero attached hydrogens (tertiary/aromatic N) is 1. The van der Waals surface area contributed by atoms with Gasteiger partial charge in [0, 0.05) is 18.7 Å².